The number of rotatable bonds is 4. The molecule has 0 bridgehead atoms. The first kappa shape index (κ1) is 24.4. The van der Waals surface area contributed by atoms with Gasteiger partial charge in [0.05, 0.1) is 6.04 Å². The van der Waals surface area contributed by atoms with Crippen molar-refractivity contribution in [1.82, 2.24) is 16.0 Å². The highest BCUT2D eigenvalue weighted by molar-refractivity contribution is 6.31. The molecule has 2 aromatic carbocycles. The standard InChI is InChI=1S/C22H23ClF3N5O2/c1-27-22(33)30-16-5-3-15(4-6-16)28-21(29-17-10-13(23)9-14(24)11-17)31-20(32)12-2-7-18(25)19(26)8-12/h2,7-11,15-16H,3-6H2,1H3,(H2,27,30,33)(H2,28,29,31,32). The van der Waals surface area contributed by atoms with E-state index in [0.717, 1.165) is 24.3 Å². The maximum absolute atomic E-state index is 13.8. The van der Waals surface area contributed by atoms with Crippen molar-refractivity contribution in [2.45, 2.75) is 37.8 Å². The second-order valence-electron chi connectivity index (χ2n) is 7.57. The van der Waals surface area contributed by atoms with E-state index in [1.54, 1.807) is 0 Å². The van der Waals surface area contributed by atoms with Crippen molar-refractivity contribution < 1.29 is 22.8 Å². The minimum absolute atomic E-state index is 0.00613. The van der Waals surface area contributed by atoms with Crippen molar-refractivity contribution in [3.8, 4) is 0 Å². The monoisotopic (exact) mass is 481 g/mol. The zero-order valence-electron chi connectivity index (χ0n) is 17.7. The Morgan fingerprint density at radius 1 is 1.00 bits per heavy atom. The van der Waals surface area contributed by atoms with E-state index in [4.69, 9.17) is 11.6 Å². The van der Waals surface area contributed by atoms with Crippen LogP contribution < -0.4 is 21.3 Å². The van der Waals surface area contributed by atoms with Crippen LogP contribution in [0.1, 0.15) is 36.0 Å². The zero-order chi connectivity index (χ0) is 24.0. The summed E-state index contributed by atoms with van der Waals surface area (Å²) >= 11 is 5.90. The Morgan fingerprint density at radius 3 is 2.36 bits per heavy atom. The fourth-order valence-electron chi connectivity index (χ4n) is 3.46. The number of aliphatic imine (C=N–C) groups is 1. The third-order valence-electron chi connectivity index (χ3n) is 5.11. The third-order valence-corrected chi connectivity index (χ3v) is 5.33. The van der Waals surface area contributed by atoms with Gasteiger partial charge in [0.1, 0.15) is 5.82 Å². The highest BCUT2D eigenvalue weighted by atomic mass is 35.5. The fraction of sp³-hybridized carbons (Fsp3) is 0.318. The van der Waals surface area contributed by atoms with Gasteiger partial charge in [-0.15, -0.1) is 0 Å². The molecular weight excluding hydrogens is 459 g/mol. The summed E-state index contributed by atoms with van der Waals surface area (Å²) in [5, 5.41) is 10.9. The summed E-state index contributed by atoms with van der Waals surface area (Å²) in [6.45, 7) is 0. The van der Waals surface area contributed by atoms with Gasteiger partial charge in [0, 0.05) is 29.4 Å². The summed E-state index contributed by atoms with van der Waals surface area (Å²) in [6.07, 6.45) is 2.62. The number of hydrogen-bond donors (Lipinski definition) is 4. The first-order valence-electron chi connectivity index (χ1n) is 10.3. The molecule has 1 fully saturated rings. The van der Waals surface area contributed by atoms with Crippen molar-refractivity contribution in [2.75, 3.05) is 12.4 Å². The summed E-state index contributed by atoms with van der Waals surface area (Å²) in [6, 6.07) is 6.08. The molecule has 4 N–H and O–H groups in total. The van der Waals surface area contributed by atoms with Crippen LogP contribution in [0.3, 0.4) is 0 Å². The number of nitrogens with one attached hydrogen (secondary N) is 4. The molecule has 33 heavy (non-hydrogen) atoms. The quantitative estimate of drug-likeness (QED) is 0.389. The molecule has 0 aliphatic heterocycles. The summed E-state index contributed by atoms with van der Waals surface area (Å²) in [5.74, 6) is -3.54. The number of carbonyl (C=O) groups is 2. The van der Waals surface area contributed by atoms with Crippen LogP contribution in [0, 0.1) is 17.5 Å². The van der Waals surface area contributed by atoms with Crippen molar-refractivity contribution in [3.63, 3.8) is 0 Å². The molecule has 1 aliphatic carbocycles. The van der Waals surface area contributed by atoms with Gasteiger partial charge >= 0.3 is 6.03 Å². The van der Waals surface area contributed by atoms with E-state index in [-0.39, 0.29) is 40.3 Å². The van der Waals surface area contributed by atoms with Gasteiger partial charge in [-0.1, -0.05) is 11.6 Å². The number of urea groups is 1. The fourth-order valence-corrected chi connectivity index (χ4v) is 3.69. The zero-order valence-corrected chi connectivity index (χ0v) is 18.5. The van der Waals surface area contributed by atoms with Crippen molar-refractivity contribution in [2.24, 2.45) is 4.99 Å². The number of carbonyl (C=O) groups excluding carboxylic acids is 2. The second-order valence-corrected chi connectivity index (χ2v) is 8.01. The highest BCUT2D eigenvalue weighted by Gasteiger charge is 2.23. The molecular formula is C22H23ClF3N5O2. The van der Waals surface area contributed by atoms with Gasteiger partial charge in [0.2, 0.25) is 5.96 Å². The van der Waals surface area contributed by atoms with E-state index in [9.17, 15) is 22.8 Å². The minimum atomic E-state index is -1.16. The van der Waals surface area contributed by atoms with Crippen LogP contribution in [0.15, 0.2) is 41.4 Å². The number of nitrogens with zero attached hydrogens (tertiary/aromatic N) is 1. The van der Waals surface area contributed by atoms with E-state index >= 15 is 0 Å². The largest absolute Gasteiger partial charge is 0.341 e. The van der Waals surface area contributed by atoms with Crippen molar-refractivity contribution in [1.29, 1.82) is 0 Å². The van der Waals surface area contributed by atoms with Gasteiger partial charge in [-0.3, -0.25) is 10.1 Å². The molecule has 0 saturated heterocycles. The molecule has 3 rings (SSSR count). The Labute approximate surface area is 193 Å². The summed E-state index contributed by atoms with van der Waals surface area (Å²) in [5.41, 5.74) is 0.137. The maximum atomic E-state index is 13.8. The molecule has 7 nitrogen and oxygen atoms in total. The highest BCUT2D eigenvalue weighted by Crippen LogP contribution is 2.22. The number of hydrogen-bond acceptors (Lipinski definition) is 3. The Morgan fingerprint density at radius 2 is 1.73 bits per heavy atom. The molecule has 3 amide bonds. The van der Waals surface area contributed by atoms with E-state index in [0.29, 0.717) is 25.7 Å². The SMILES string of the molecule is CNC(=O)NC1CCC(N=C(NC(=O)c2ccc(F)c(F)c2)Nc2cc(F)cc(Cl)c2)CC1. The molecule has 0 spiro atoms. The Bertz CT molecular complexity index is 1040. The summed E-state index contributed by atoms with van der Waals surface area (Å²) < 4.78 is 40.5. The number of halogens is 4. The molecule has 0 heterocycles. The third kappa shape index (κ3) is 7.11. The van der Waals surface area contributed by atoms with Crippen molar-refractivity contribution >= 4 is 35.2 Å². The Kier molecular flexibility index (Phi) is 8.16. The lowest BCUT2D eigenvalue weighted by Gasteiger charge is -2.27. The topological polar surface area (TPSA) is 94.6 Å². The van der Waals surface area contributed by atoms with Gasteiger partial charge in [0.15, 0.2) is 11.6 Å². The van der Waals surface area contributed by atoms with Gasteiger partial charge in [-0.05, 0) is 62.1 Å². The van der Waals surface area contributed by atoms with Crippen LogP contribution >= 0.6 is 11.6 Å². The normalized spacial score (nSPS) is 18.4. The predicted octanol–water partition coefficient (Wildman–Crippen LogP) is 4.20. The number of anilines is 1. The van der Waals surface area contributed by atoms with Gasteiger partial charge in [-0.2, -0.15) is 0 Å². The summed E-state index contributed by atoms with van der Waals surface area (Å²) in [4.78, 5) is 28.7. The molecule has 176 valence electrons. The number of guanidine groups is 1. The van der Waals surface area contributed by atoms with E-state index < -0.39 is 23.4 Å². The molecule has 0 unspecified atom stereocenters. The van der Waals surface area contributed by atoms with Crippen LogP contribution in [0.2, 0.25) is 5.02 Å². The van der Waals surface area contributed by atoms with Crippen LogP contribution in [0.25, 0.3) is 0 Å². The van der Waals surface area contributed by atoms with Gasteiger partial charge in [-0.25, -0.2) is 23.0 Å². The lowest BCUT2D eigenvalue weighted by atomic mass is 9.91. The predicted molar refractivity (Wildman–Crippen MR) is 120 cm³/mol. The molecule has 1 aliphatic rings. The number of amides is 3. The van der Waals surface area contributed by atoms with E-state index in [1.165, 1.54) is 19.2 Å². The summed E-state index contributed by atoms with van der Waals surface area (Å²) in [7, 11) is 1.54. The van der Waals surface area contributed by atoms with Crippen LogP contribution in [0.4, 0.5) is 23.7 Å². The van der Waals surface area contributed by atoms with Gasteiger partial charge < -0.3 is 16.0 Å². The second kappa shape index (κ2) is 11.0. The van der Waals surface area contributed by atoms with E-state index in [2.05, 4.69) is 26.3 Å². The molecule has 11 heteroatoms. The average molecular weight is 482 g/mol. The average Bonchev–Trinajstić information content (AvgIpc) is 2.76. The first-order chi connectivity index (χ1) is 15.7. The van der Waals surface area contributed by atoms with Crippen LogP contribution in [0.5, 0.6) is 0 Å². The molecule has 0 aromatic heterocycles. The van der Waals surface area contributed by atoms with Crippen molar-refractivity contribution in [3.05, 3.63) is 64.4 Å². The lowest BCUT2D eigenvalue weighted by molar-refractivity contribution is 0.0976. The lowest BCUT2D eigenvalue weighted by Crippen LogP contribution is -2.43. The Hall–Kier alpha value is -3.27. The molecule has 0 atom stereocenters. The smallest absolute Gasteiger partial charge is 0.314 e. The van der Waals surface area contributed by atoms with Crippen LogP contribution in [-0.2, 0) is 0 Å². The molecule has 2 aromatic rings. The van der Waals surface area contributed by atoms with Crippen LogP contribution in [-0.4, -0.2) is 37.0 Å². The Balaban J connectivity index is 1.77. The maximum Gasteiger partial charge on any atom is 0.314 e. The number of benzene rings is 2. The molecule has 1 saturated carbocycles. The molecule has 0 radical (unpaired) electrons. The van der Waals surface area contributed by atoms with Gasteiger partial charge in [0.25, 0.3) is 5.91 Å². The van der Waals surface area contributed by atoms with E-state index in [1.807, 2.05) is 0 Å². The first-order valence-corrected chi connectivity index (χ1v) is 10.7. The minimum Gasteiger partial charge on any atom is -0.341 e.